The van der Waals surface area contributed by atoms with Gasteiger partial charge in [-0.3, -0.25) is 4.90 Å². The third-order valence-electron chi connectivity index (χ3n) is 3.68. The predicted molar refractivity (Wildman–Crippen MR) is 84.1 cm³/mol. The molecule has 1 aromatic carbocycles. The minimum Gasteiger partial charge on any atom is -0.450 e. The molecule has 0 unspecified atom stereocenters. The van der Waals surface area contributed by atoms with Gasteiger partial charge in [0.25, 0.3) is 0 Å². The van der Waals surface area contributed by atoms with Gasteiger partial charge in [0, 0.05) is 0 Å². The van der Waals surface area contributed by atoms with Gasteiger partial charge in [-0.1, -0.05) is 72.1 Å². The summed E-state index contributed by atoms with van der Waals surface area (Å²) in [5.74, 6) is 0. The Bertz CT molecular complexity index is 534. The Balaban J connectivity index is 2.10. The van der Waals surface area contributed by atoms with E-state index in [-0.39, 0.29) is 26.2 Å². The number of hydrogen-bond donors (Lipinski definition) is 0. The van der Waals surface area contributed by atoms with Gasteiger partial charge in [-0.05, 0) is 18.1 Å². The van der Waals surface area contributed by atoms with Gasteiger partial charge in [0.15, 0.2) is 0 Å². The van der Waals surface area contributed by atoms with Crippen LogP contribution in [-0.2, 0) is 4.74 Å². The number of alkyl halides is 3. The van der Waals surface area contributed by atoms with Crippen molar-refractivity contribution in [1.82, 2.24) is 4.90 Å². The van der Waals surface area contributed by atoms with Gasteiger partial charge in [-0.15, -0.1) is 0 Å². The van der Waals surface area contributed by atoms with Crippen LogP contribution in [0.2, 0.25) is 0 Å². The first-order valence-electron chi connectivity index (χ1n) is 6.06. The van der Waals surface area contributed by atoms with Gasteiger partial charge in [-0.2, -0.15) is 0 Å². The first-order valence-corrected chi connectivity index (χ1v) is 8.56. The minimum absolute atomic E-state index is 0.0148. The summed E-state index contributed by atoms with van der Waals surface area (Å²) in [5.41, 5.74) is 2.36. The molecule has 0 saturated carbocycles. The summed E-state index contributed by atoms with van der Waals surface area (Å²) in [7, 11) is 0. The third kappa shape index (κ3) is 1.83. The molecular weight excluding hydrogens is 442 g/mol. The Labute approximate surface area is 137 Å². The number of carbonyl (C=O) groups excluding carboxylic acids is 1. The smallest absolute Gasteiger partial charge is 0.410 e. The summed E-state index contributed by atoms with van der Waals surface area (Å²) in [4.78, 5) is 14.2. The van der Waals surface area contributed by atoms with Crippen molar-refractivity contribution in [3.63, 3.8) is 0 Å². The van der Waals surface area contributed by atoms with E-state index < -0.39 is 0 Å². The molecule has 2 aliphatic rings. The number of amides is 1. The highest BCUT2D eigenvalue weighted by Gasteiger charge is 2.64. The van der Waals surface area contributed by atoms with Crippen molar-refractivity contribution in [2.75, 3.05) is 6.61 Å². The molecule has 3 nitrogen and oxygen atoms in total. The van der Waals surface area contributed by atoms with Crippen LogP contribution >= 0.6 is 47.8 Å². The van der Waals surface area contributed by atoms with Crippen LogP contribution in [-0.4, -0.2) is 25.7 Å². The van der Waals surface area contributed by atoms with Crippen LogP contribution in [0.5, 0.6) is 0 Å². The molecule has 2 bridgehead atoms. The normalized spacial score (nSPS) is 30.3. The molecule has 1 saturated heterocycles. The Morgan fingerprint density at radius 3 is 2.63 bits per heavy atom. The van der Waals surface area contributed by atoms with Gasteiger partial charge < -0.3 is 4.74 Å². The molecule has 2 heterocycles. The molecule has 3 rings (SSSR count). The predicted octanol–water partition coefficient (Wildman–Crippen LogP) is 4.50. The maximum atomic E-state index is 12.2. The molecule has 2 aliphatic heterocycles. The molecule has 1 amide bonds. The van der Waals surface area contributed by atoms with Gasteiger partial charge in [0.05, 0.1) is 23.5 Å². The number of nitrogens with zero attached hydrogens (tertiary/aromatic N) is 1. The standard InChI is InChI=1S/C13H12Br3NO2/c1-2-19-12(18)17-9-7-5-3-4-6-8(7)11(17)13(15,16)10(9)14/h3-6,9-11H,2H2,1H3/t9-,10+,11+/m0/s1. The van der Waals surface area contributed by atoms with E-state index in [0.717, 1.165) is 0 Å². The summed E-state index contributed by atoms with van der Waals surface area (Å²) >= 11 is 11.1. The van der Waals surface area contributed by atoms with E-state index in [1.165, 1.54) is 11.1 Å². The molecule has 0 aliphatic carbocycles. The molecular formula is C13H12Br3NO2. The maximum absolute atomic E-state index is 12.2. The van der Waals surface area contributed by atoms with Crippen molar-refractivity contribution in [2.45, 2.75) is 27.1 Å². The van der Waals surface area contributed by atoms with Crippen molar-refractivity contribution in [1.29, 1.82) is 0 Å². The highest BCUT2D eigenvalue weighted by atomic mass is 79.9. The van der Waals surface area contributed by atoms with Crippen LogP contribution in [0.25, 0.3) is 0 Å². The SMILES string of the molecule is CCOC(=O)N1[C@H]2c3ccccc3[C@@H]1C(Br)(Br)[C@@H]2Br. The van der Waals surface area contributed by atoms with E-state index in [4.69, 9.17) is 4.74 Å². The van der Waals surface area contributed by atoms with Crippen molar-refractivity contribution >= 4 is 53.9 Å². The zero-order chi connectivity index (χ0) is 13.8. The monoisotopic (exact) mass is 451 g/mol. The topological polar surface area (TPSA) is 29.5 Å². The zero-order valence-electron chi connectivity index (χ0n) is 10.1. The summed E-state index contributed by atoms with van der Waals surface area (Å²) in [6.07, 6.45) is -0.265. The summed E-state index contributed by atoms with van der Waals surface area (Å²) in [6, 6.07) is 8.07. The molecule has 19 heavy (non-hydrogen) atoms. The Kier molecular flexibility index (Phi) is 3.47. The van der Waals surface area contributed by atoms with Crippen molar-refractivity contribution in [3.8, 4) is 0 Å². The van der Waals surface area contributed by atoms with E-state index in [9.17, 15) is 4.79 Å². The molecule has 0 radical (unpaired) electrons. The Hall–Kier alpha value is -0.0700. The zero-order valence-corrected chi connectivity index (χ0v) is 14.9. The fraction of sp³-hybridized carbons (Fsp3) is 0.462. The second kappa shape index (κ2) is 4.74. The van der Waals surface area contributed by atoms with E-state index in [0.29, 0.717) is 6.61 Å². The van der Waals surface area contributed by atoms with Crippen molar-refractivity contribution < 1.29 is 9.53 Å². The second-order valence-electron chi connectivity index (χ2n) is 4.66. The van der Waals surface area contributed by atoms with E-state index in [1.54, 1.807) is 0 Å². The van der Waals surface area contributed by atoms with Crippen LogP contribution in [0.15, 0.2) is 24.3 Å². The van der Waals surface area contributed by atoms with Gasteiger partial charge in [0.1, 0.15) is 3.23 Å². The van der Waals surface area contributed by atoms with Crippen LogP contribution in [0, 0.1) is 0 Å². The van der Waals surface area contributed by atoms with Gasteiger partial charge in [-0.25, -0.2) is 4.79 Å². The van der Waals surface area contributed by atoms with Crippen LogP contribution in [0.4, 0.5) is 4.79 Å². The molecule has 3 atom stereocenters. The average Bonchev–Trinajstić information content (AvgIpc) is 2.82. The van der Waals surface area contributed by atoms with Crippen molar-refractivity contribution in [2.24, 2.45) is 0 Å². The molecule has 0 spiro atoms. The minimum atomic E-state index is -0.369. The molecule has 0 aromatic heterocycles. The van der Waals surface area contributed by atoms with E-state index >= 15 is 0 Å². The Morgan fingerprint density at radius 1 is 1.37 bits per heavy atom. The largest absolute Gasteiger partial charge is 0.450 e. The number of ether oxygens (including phenoxy) is 1. The van der Waals surface area contributed by atoms with Crippen LogP contribution < -0.4 is 0 Å². The fourth-order valence-electron chi connectivity index (χ4n) is 2.96. The summed E-state index contributed by atoms with van der Waals surface area (Å²) < 4.78 is 4.83. The lowest BCUT2D eigenvalue weighted by molar-refractivity contribution is 0.0948. The highest BCUT2D eigenvalue weighted by molar-refractivity contribution is 9.26. The number of carbonyl (C=O) groups is 1. The fourth-order valence-corrected chi connectivity index (χ4v) is 5.18. The van der Waals surface area contributed by atoms with Crippen LogP contribution in [0.3, 0.4) is 0 Å². The molecule has 6 heteroatoms. The average molecular weight is 454 g/mol. The van der Waals surface area contributed by atoms with Crippen LogP contribution in [0.1, 0.15) is 30.1 Å². The number of hydrogen-bond acceptors (Lipinski definition) is 2. The molecule has 102 valence electrons. The molecule has 1 aromatic rings. The van der Waals surface area contributed by atoms with Gasteiger partial charge >= 0.3 is 6.09 Å². The summed E-state index contributed by atoms with van der Waals surface area (Å²) in [6.45, 7) is 2.21. The number of benzene rings is 1. The third-order valence-corrected chi connectivity index (χ3v) is 7.98. The van der Waals surface area contributed by atoms with Gasteiger partial charge in [0.2, 0.25) is 0 Å². The lowest BCUT2D eigenvalue weighted by Crippen LogP contribution is -2.32. The molecule has 1 fully saturated rings. The first-order chi connectivity index (χ1) is 9.00. The highest BCUT2D eigenvalue weighted by Crippen LogP contribution is 2.66. The first kappa shape index (κ1) is 13.9. The van der Waals surface area contributed by atoms with E-state index in [1.807, 2.05) is 24.0 Å². The quantitative estimate of drug-likeness (QED) is 0.586. The van der Waals surface area contributed by atoms with E-state index in [2.05, 4.69) is 59.9 Å². The number of rotatable bonds is 1. The lowest BCUT2D eigenvalue weighted by Gasteiger charge is -2.30. The maximum Gasteiger partial charge on any atom is 0.410 e. The number of fused-ring (bicyclic) bond motifs is 5. The Morgan fingerprint density at radius 2 is 2.00 bits per heavy atom. The van der Waals surface area contributed by atoms with Crippen molar-refractivity contribution in [3.05, 3.63) is 35.4 Å². The second-order valence-corrected chi connectivity index (χ2v) is 9.33. The lowest BCUT2D eigenvalue weighted by atomic mass is 9.92. The summed E-state index contributed by atoms with van der Waals surface area (Å²) in [5, 5.41) is 0. The number of halogens is 3. The molecule has 0 N–H and O–H groups in total.